The lowest BCUT2D eigenvalue weighted by atomic mass is 10.1. The molecule has 0 radical (unpaired) electrons. The Bertz CT molecular complexity index is 447. The van der Waals surface area contributed by atoms with Crippen molar-refractivity contribution in [2.24, 2.45) is 0 Å². The van der Waals surface area contributed by atoms with E-state index >= 15 is 0 Å². The van der Waals surface area contributed by atoms with Crippen LogP contribution in [-0.4, -0.2) is 24.4 Å². The number of hydrogen-bond acceptors (Lipinski definition) is 2. The highest BCUT2D eigenvalue weighted by molar-refractivity contribution is 5.24. The number of ether oxygens (including phenoxy) is 1. The molecule has 0 heterocycles. The molecule has 1 rings (SSSR count). The fraction of sp³-hybridized carbons (Fsp3) is 0.333. The van der Waals surface area contributed by atoms with Gasteiger partial charge in [-0.2, -0.15) is 0 Å². The van der Waals surface area contributed by atoms with Gasteiger partial charge in [-0.25, -0.2) is 22.0 Å². The SMILES string of the molecule is C=CCOCC(O)Cc1c(F)c(F)c(F)c(F)c1F. The normalized spacial score (nSPS) is 12.5. The van der Waals surface area contributed by atoms with Gasteiger partial charge < -0.3 is 9.84 Å². The zero-order valence-electron chi connectivity index (χ0n) is 9.73. The van der Waals surface area contributed by atoms with E-state index in [1.165, 1.54) is 6.08 Å². The van der Waals surface area contributed by atoms with Gasteiger partial charge >= 0.3 is 0 Å². The molecule has 0 fully saturated rings. The minimum atomic E-state index is -2.23. The summed E-state index contributed by atoms with van der Waals surface area (Å²) in [5.74, 6) is -10.2. The van der Waals surface area contributed by atoms with Gasteiger partial charge in [0.25, 0.3) is 0 Å². The Kier molecular flexibility index (Phi) is 5.44. The first-order chi connectivity index (χ1) is 8.90. The predicted octanol–water partition coefficient (Wildman–Crippen LogP) is 2.49. The number of halogens is 5. The van der Waals surface area contributed by atoms with Crippen molar-refractivity contribution in [2.75, 3.05) is 13.2 Å². The van der Waals surface area contributed by atoms with Crippen molar-refractivity contribution in [3.63, 3.8) is 0 Å². The summed E-state index contributed by atoms with van der Waals surface area (Å²) in [6.07, 6.45) is -0.762. The smallest absolute Gasteiger partial charge is 0.200 e. The van der Waals surface area contributed by atoms with Gasteiger partial charge in [-0.1, -0.05) is 6.08 Å². The summed E-state index contributed by atoms with van der Waals surface area (Å²) in [6.45, 7) is 3.11. The lowest BCUT2D eigenvalue weighted by molar-refractivity contribution is 0.0485. The van der Waals surface area contributed by atoms with Gasteiger partial charge in [0.2, 0.25) is 5.82 Å². The first kappa shape index (κ1) is 15.6. The number of benzene rings is 1. The summed E-state index contributed by atoms with van der Waals surface area (Å²) < 4.78 is 69.8. The summed E-state index contributed by atoms with van der Waals surface area (Å²) in [4.78, 5) is 0. The van der Waals surface area contributed by atoms with Crippen LogP contribution in [0.3, 0.4) is 0 Å². The number of rotatable bonds is 6. The second-order valence-corrected chi connectivity index (χ2v) is 3.73. The second kappa shape index (κ2) is 6.63. The lowest BCUT2D eigenvalue weighted by Crippen LogP contribution is -2.21. The average Bonchev–Trinajstić information content (AvgIpc) is 2.39. The third kappa shape index (κ3) is 3.51. The van der Waals surface area contributed by atoms with E-state index in [-0.39, 0.29) is 13.2 Å². The van der Waals surface area contributed by atoms with Crippen molar-refractivity contribution in [2.45, 2.75) is 12.5 Å². The highest BCUT2D eigenvalue weighted by atomic mass is 19.2. The van der Waals surface area contributed by atoms with Crippen LogP contribution in [0.2, 0.25) is 0 Å². The molecule has 1 atom stereocenters. The quantitative estimate of drug-likeness (QED) is 0.285. The Morgan fingerprint density at radius 1 is 1.00 bits per heavy atom. The molecule has 0 saturated carbocycles. The molecule has 0 spiro atoms. The first-order valence-corrected chi connectivity index (χ1v) is 5.27. The fourth-order valence-electron chi connectivity index (χ4n) is 1.41. The molecule has 0 aliphatic carbocycles. The Labute approximate surface area is 106 Å². The molecule has 0 amide bonds. The van der Waals surface area contributed by atoms with Crippen LogP contribution < -0.4 is 0 Å². The van der Waals surface area contributed by atoms with E-state index in [0.29, 0.717) is 0 Å². The predicted molar refractivity (Wildman–Crippen MR) is 57.0 cm³/mol. The van der Waals surface area contributed by atoms with Crippen LogP contribution in [0.5, 0.6) is 0 Å². The van der Waals surface area contributed by atoms with E-state index in [2.05, 4.69) is 6.58 Å². The number of aliphatic hydroxyl groups excluding tert-OH is 1. The van der Waals surface area contributed by atoms with Crippen molar-refractivity contribution >= 4 is 0 Å². The molecule has 1 aromatic rings. The minimum Gasteiger partial charge on any atom is -0.390 e. The molecule has 1 N–H and O–H groups in total. The van der Waals surface area contributed by atoms with Crippen molar-refractivity contribution in [1.82, 2.24) is 0 Å². The third-order valence-corrected chi connectivity index (χ3v) is 2.29. The molecule has 2 nitrogen and oxygen atoms in total. The Hall–Kier alpha value is -1.47. The van der Waals surface area contributed by atoms with Crippen LogP contribution in [0.1, 0.15) is 5.56 Å². The van der Waals surface area contributed by atoms with Crippen molar-refractivity contribution in [1.29, 1.82) is 0 Å². The van der Waals surface area contributed by atoms with Crippen LogP contribution in [0.25, 0.3) is 0 Å². The Balaban J connectivity index is 2.92. The zero-order chi connectivity index (χ0) is 14.6. The monoisotopic (exact) mass is 282 g/mol. The third-order valence-electron chi connectivity index (χ3n) is 2.29. The summed E-state index contributed by atoms with van der Waals surface area (Å²) >= 11 is 0. The molecular formula is C12H11F5O2. The topological polar surface area (TPSA) is 29.5 Å². The largest absolute Gasteiger partial charge is 0.390 e. The Morgan fingerprint density at radius 3 is 1.95 bits per heavy atom. The molecule has 0 aliphatic rings. The van der Waals surface area contributed by atoms with Gasteiger partial charge in [-0.3, -0.25) is 0 Å². The van der Waals surface area contributed by atoms with Gasteiger partial charge in [0, 0.05) is 12.0 Å². The van der Waals surface area contributed by atoms with Crippen molar-refractivity contribution < 1.29 is 31.8 Å². The van der Waals surface area contributed by atoms with Crippen LogP contribution in [0.15, 0.2) is 12.7 Å². The molecule has 7 heteroatoms. The summed E-state index contributed by atoms with van der Waals surface area (Å²) in [5, 5.41) is 9.40. The van der Waals surface area contributed by atoms with Crippen LogP contribution in [0.4, 0.5) is 22.0 Å². The highest BCUT2D eigenvalue weighted by Crippen LogP contribution is 2.24. The summed E-state index contributed by atoms with van der Waals surface area (Å²) in [6, 6.07) is 0. The fourth-order valence-corrected chi connectivity index (χ4v) is 1.41. The summed E-state index contributed by atoms with van der Waals surface area (Å²) in [7, 11) is 0. The molecule has 0 aliphatic heterocycles. The van der Waals surface area contributed by atoms with Crippen LogP contribution >= 0.6 is 0 Å². The summed E-state index contributed by atoms with van der Waals surface area (Å²) in [5.41, 5.74) is -1.06. The maximum absolute atomic E-state index is 13.3. The molecule has 0 bridgehead atoms. The van der Waals surface area contributed by atoms with E-state index in [0.717, 1.165) is 0 Å². The average molecular weight is 282 g/mol. The number of hydrogen-bond donors (Lipinski definition) is 1. The highest BCUT2D eigenvalue weighted by Gasteiger charge is 2.26. The molecule has 19 heavy (non-hydrogen) atoms. The Morgan fingerprint density at radius 2 is 1.47 bits per heavy atom. The van der Waals surface area contributed by atoms with Crippen LogP contribution in [-0.2, 0) is 11.2 Å². The first-order valence-electron chi connectivity index (χ1n) is 5.27. The van der Waals surface area contributed by atoms with E-state index in [9.17, 15) is 27.1 Å². The van der Waals surface area contributed by atoms with E-state index in [4.69, 9.17) is 4.74 Å². The van der Waals surface area contributed by atoms with Gasteiger partial charge in [-0.05, 0) is 0 Å². The van der Waals surface area contributed by atoms with Gasteiger partial charge in [0.05, 0.1) is 19.3 Å². The minimum absolute atomic E-state index is 0.0914. The zero-order valence-corrected chi connectivity index (χ0v) is 9.73. The van der Waals surface area contributed by atoms with Gasteiger partial charge in [0.15, 0.2) is 23.3 Å². The van der Waals surface area contributed by atoms with Gasteiger partial charge in [-0.15, -0.1) is 6.58 Å². The molecule has 1 aromatic carbocycles. The molecule has 0 aromatic heterocycles. The maximum atomic E-state index is 13.3. The van der Waals surface area contributed by atoms with E-state index < -0.39 is 47.2 Å². The van der Waals surface area contributed by atoms with Crippen LogP contribution in [0, 0.1) is 29.1 Å². The maximum Gasteiger partial charge on any atom is 0.200 e. The van der Waals surface area contributed by atoms with Crippen molar-refractivity contribution in [3.05, 3.63) is 47.3 Å². The molecule has 0 saturated heterocycles. The van der Waals surface area contributed by atoms with Crippen molar-refractivity contribution in [3.8, 4) is 0 Å². The number of aliphatic hydroxyl groups is 1. The van der Waals surface area contributed by atoms with E-state index in [1.54, 1.807) is 0 Å². The molecular weight excluding hydrogens is 271 g/mol. The second-order valence-electron chi connectivity index (χ2n) is 3.73. The standard InChI is InChI=1S/C12H11F5O2/c1-2-3-19-5-6(18)4-7-8(13)10(15)12(17)11(16)9(7)14/h2,6,18H,1,3-5H2. The molecule has 106 valence electrons. The van der Waals surface area contributed by atoms with Gasteiger partial charge in [0.1, 0.15) is 0 Å². The van der Waals surface area contributed by atoms with E-state index in [1.807, 2.05) is 0 Å². The molecule has 1 unspecified atom stereocenters. The lowest BCUT2D eigenvalue weighted by Gasteiger charge is -2.13.